The highest BCUT2D eigenvalue weighted by atomic mass is 28.3. The van der Waals surface area contributed by atoms with E-state index in [9.17, 15) is 4.79 Å². The number of carbonyl (C=O) groups is 1. The molecule has 0 radical (unpaired) electrons. The lowest BCUT2D eigenvalue weighted by Crippen LogP contribution is -2.39. The maximum atomic E-state index is 11.3. The molecule has 0 amide bonds. The maximum Gasteiger partial charge on any atom is 0.356 e. The largest absolute Gasteiger partial charge is 0.462 e. The summed E-state index contributed by atoms with van der Waals surface area (Å²) in [4.78, 5) is 11.3. The van der Waals surface area contributed by atoms with Gasteiger partial charge in [-0.15, -0.1) is 0 Å². The number of hydrogen-bond acceptors (Lipinski definition) is 4. The minimum Gasteiger partial charge on any atom is -0.462 e. The summed E-state index contributed by atoms with van der Waals surface area (Å²) >= 11 is 0. The molecule has 0 unspecified atom stereocenters. The first kappa shape index (κ1) is 18.6. The van der Waals surface area contributed by atoms with Crippen molar-refractivity contribution in [3.8, 4) is 0 Å². The van der Waals surface area contributed by atoms with E-state index in [0.717, 1.165) is 12.8 Å². The highest BCUT2D eigenvalue weighted by Gasteiger charge is 2.18. The quantitative estimate of drug-likeness (QED) is 0.287. The minimum absolute atomic E-state index is 0.329. The Morgan fingerprint density at radius 3 is 2.41 bits per heavy atom. The van der Waals surface area contributed by atoms with Crippen LogP contribution in [-0.4, -0.2) is 35.1 Å². The second-order valence-corrected chi connectivity index (χ2v) is 6.91. The zero-order chi connectivity index (χ0) is 16.4. The van der Waals surface area contributed by atoms with E-state index in [0.29, 0.717) is 25.4 Å². The fourth-order valence-electron chi connectivity index (χ4n) is 2.07. The summed E-state index contributed by atoms with van der Waals surface area (Å²) in [6, 6.07) is 8.20. The van der Waals surface area contributed by atoms with Crippen LogP contribution >= 0.6 is 0 Å². The molecule has 0 atom stereocenters. The van der Waals surface area contributed by atoms with Crippen molar-refractivity contribution in [2.75, 3.05) is 19.8 Å². The molecule has 0 fully saturated rings. The first-order valence-electron chi connectivity index (χ1n) is 7.73. The van der Waals surface area contributed by atoms with Gasteiger partial charge < -0.3 is 13.6 Å². The van der Waals surface area contributed by atoms with Crippen molar-refractivity contribution < 1.29 is 18.4 Å². The summed E-state index contributed by atoms with van der Waals surface area (Å²) in [7, 11) is -1.84. The summed E-state index contributed by atoms with van der Waals surface area (Å²) in [5.41, 5.74) is 1.65. The topological polar surface area (TPSA) is 44.8 Å². The molecular weight excluding hydrogens is 296 g/mol. The van der Waals surface area contributed by atoms with E-state index in [4.69, 9.17) is 13.6 Å². The number of hydrogen-bond donors (Lipinski definition) is 0. The Labute approximate surface area is 134 Å². The molecule has 0 saturated heterocycles. The van der Waals surface area contributed by atoms with E-state index >= 15 is 0 Å². The third-order valence-corrected chi connectivity index (χ3v) is 5.46. The molecule has 0 heterocycles. The van der Waals surface area contributed by atoms with Gasteiger partial charge in [0.25, 0.3) is 0 Å². The predicted octanol–water partition coefficient (Wildman–Crippen LogP) is 2.24. The lowest BCUT2D eigenvalue weighted by atomic mass is 10.1. The van der Waals surface area contributed by atoms with Gasteiger partial charge in [0, 0.05) is 18.8 Å². The van der Waals surface area contributed by atoms with Crippen LogP contribution in [0.3, 0.4) is 0 Å². The van der Waals surface area contributed by atoms with Gasteiger partial charge in [-0.1, -0.05) is 30.8 Å². The van der Waals surface area contributed by atoms with Gasteiger partial charge in [-0.25, -0.2) is 4.79 Å². The van der Waals surface area contributed by atoms with Gasteiger partial charge in [-0.05, 0) is 44.4 Å². The standard InChI is InChI=1S/C17H26O4Si/c1-5-20-22(21-6-2)16-12-8-7-10-15(16)11-9-13-19-17(18)14(3)4/h7-8,10,12,22H,3,5-6,9,11,13H2,1-2,4H3. The molecule has 0 aliphatic carbocycles. The third kappa shape index (κ3) is 6.13. The van der Waals surface area contributed by atoms with Gasteiger partial charge >= 0.3 is 15.3 Å². The first-order valence-corrected chi connectivity index (χ1v) is 9.25. The fraction of sp³-hybridized carbons (Fsp3) is 0.471. The zero-order valence-electron chi connectivity index (χ0n) is 13.8. The lowest BCUT2D eigenvalue weighted by molar-refractivity contribution is -0.139. The smallest absolute Gasteiger partial charge is 0.356 e. The summed E-state index contributed by atoms with van der Waals surface area (Å²) in [6.45, 7) is 10.9. The van der Waals surface area contributed by atoms with Crippen molar-refractivity contribution in [1.29, 1.82) is 0 Å². The first-order chi connectivity index (χ1) is 10.6. The average molecular weight is 322 g/mol. The SMILES string of the molecule is C=C(C)C(=O)OCCCc1ccccc1[SiH](OCC)OCC. The summed E-state index contributed by atoms with van der Waals surface area (Å²) in [6.07, 6.45) is 1.61. The number of carbonyl (C=O) groups excluding carboxylic acids is 1. The van der Waals surface area contributed by atoms with Gasteiger partial charge in [0.2, 0.25) is 0 Å². The Kier molecular flexibility index (Phi) is 8.73. The van der Waals surface area contributed by atoms with Crippen LogP contribution in [0.5, 0.6) is 0 Å². The van der Waals surface area contributed by atoms with E-state index in [-0.39, 0.29) is 5.97 Å². The van der Waals surface area contributed by atoms with Crippen molar-refractivity contribution in [2.45, 2.75) is 33.6 Å². The number of benzene rings is 1. The molecule has 122 valence electrons. The molecule has 0 aromatic heterocycles. The summed E-state index contributed by atoms with van der Waals surface area (Å²) < 4.78 is 16.7. The van der Waals surface area contributed by atoms with E-state index in [1.807, 2.05) is 26.0 Å². The Morgan fingerprint density at radius 2 is 1.82 bits per heavy atom. The van der Waals surface area contributed by atoms with Gasteiger partial charge in [-0.2, -0.15) is 0 Å². The van der Waals surface area contributed by atoms with E-state index in [1.54, 1.807) is 6.92 Å². The molecule has 0 aliphatic heterocycles. The summed E-state index contributed by atoms with van der Waals surface area (Å²) in [5, 5.41) is 1.18. The highest BCUT2D eigenvalue weighted by Crippen LogP contribution is 2.05. The molecule has 0 saturated carbocycles. The van der Waals surface area contributed by atoms with Gasteiger partial charge in [-0.3, -0.25) is 0 Å². The van der Waals surface area contributed by atoms with Crippen molar-refractivity contribution in [3.05, 3.63) is 42.0 Å². The fourth-order valence-corrected chi connectivity index (χ4v) is 3.95. The third-order valence-electron chi connectivity index (χ3n) is 3.12. The monoisotopic (exact) mass is 322 g/mol. The van der Waals surface area contributed by atoms with Crippen LogP contribution in [0.2, 0.25) is 0 Å². The van der Waals surface area contributed by atoms with Crippen LogP contribution in [0.15, 0.2) is 36.4 Å². The van der Waals surface area contributed by atoms with Crippen molar-refractivity contribution in [2.24, 2.45) is 0 Å². The number of ether oxygens (including phenoxy) is 1. The predicted molar refractivity (Wildman–Crippen MR) is 90.6 cm³/mol. The number of aryl methyl sites for hydroxylation is 1. The van der Waals surface area contributed by atoms with E-state index in [2.05, 4.69) is 18.7 Å². The van der Waals surface area contributed by atoms with Gasteiger partial charge in [0.1, 0.15) is 0 Å². The molecule has 4 nitrogen and oxygen atoms in total. The molecule has 1 rings (SSSR count). The Hall–Kier alpha value is -1.43. The highest BCUT2D eigenvalue weighted by molar-refractivity contribution is 6.61. The second-order valence-electron chi connectivity index (χ2n) is 4.96. The Morgan fingerprint density at radius 1 is 1.18 bits per heavy atom. The molecule has 1 aromatic rings. The Balaban J connectivity index is 2.63. The second kappa shape index (κ2) is 10.3. The van der Waals surface area contributed by atoms with Crippen LogP contribution in [0.1, 0.15) is 32.8 Å². The molecule has 0 aliphatic rings. The van der Waals surface area contributed by atoms with Gasteiger partial charge in [0.15, 0.2) is 0 Å². The van der Waals surface area contributed by atoms with Crippen molar-refractivity contribution in [3.63, 3.8) is 0 Å². The van der Waals surface area contributed by atoms with E-state index in [1.165, 1.54) is 10.8 Å². The van der Waals surface area contributed by atoms with Crippen LogP contribution in [0, 0.1) is 0 Å². The van der Waals surface area contributed by atoms with Crippen LogP contribution in [0.4, 0.5) is 0 Å². The molecule has 5 heteroatoms. The van der Waals surface area contributed by atoms with Crippen LogP contribution in [-0.2, 0) is 24.8 Å². The normalized spacial score (nSPS) is 10.7. The molecule has 0 N–H and O–H groups in total. The zero-order valence-corrected chi connectivity index (χ0v) is 14.9. The van der Waals surface area contributed by atoms with Crippen LogP contribution in [0.25, 0.3) is 0 Å². The maximum absolute atomic E-state index is 11.3. The average Bonchev–Trinajstić information content (AvgIpc) is 2.51. The molecule has 0 bridgehead atoms. The lowest BCUT2D eigenvalue weighted by Gasteiger charge is -2.18. The molecule has 0 spiro atoms. The molecular formula is C17H26O4Si. The van der Waals surface area contributed by atoms with Crippen molar-refractivity contribution >= 4 is 20.4 Å². The van der Waals surface area contributed by atoms with Gasteiger partial charge in [0.05, 0.1) is 6.61 Å². The van der Waals surface area contributed by atoms with Crippen LogP contribution < -0.4 is 5.19 Å². The van der Waals surface area contributed by atoms with Crippen molar-refractivity contribution in [1.82, 2.24) is 0 Å². The number of rotatable bonds is 10. The van der Waals surface area contributed by atoms with E-state index < -0.39 is 9.28 Å². The minimum atomic E-state index is -1.84. The summed E-state index contributed by atoms with van der Waals surface area (Å²) in [5.74, 6) is -0.329. The Bertz CT molecular complexity index is 481. The molecule has 1 aromatic carbocycles. The number of esters is 1. The molecule has 22 heavy (non-hydrogen) atoms.